The van der Waals surface area contributed by atoms with E-state index in [0.717, 1.165) is 25.0 Å². The molecule has 0 spiro atoms. The zero-order valence-corrected chi connectivity index (χ0v) is 10.3. The molecule has 0 unspecified atom stereocenters. The van der Waals surface area contributed by atoms with E-state index in [1.807, 2.05) is 0 Å². The summed E-state index contributed by atoms with van der Waals surface area (Å²) in [6, 6.07) is 0. The number of hydrogen-bond donors (Lipinski definition) is 0. The lowest BCUT2D eigenvalue weighted by Crippen LogP contribution is -2.32. The van der Waals surface area contributed by atoms with Gasteiger partial charge >= 0.3 is 0 Å². The van der Waals surface area contributed by atoms with Crippen molar-refractivity contribution in [2.75, 3.05) is 13.2 Å². The first-order valence-electron chi connectivity index (χ1n) is 6.14. The molecule has 1 heteroatoms. The Bertz CT molecular complexity index is 155. The summed E-state index contributed by atoms with van der Waals surface area (Å²) < 4.78 is 5.58. The lowest BCUT2D eigenvalue weighted by molar-refractivity contribution is 0.0176. The molecule has 1 fully saturated rings. The van der Waals surface area contributed by atoms with Gasteiger partial charge in [0.2, 0.25) is 0 Å². The molecule has 0 atom stereocenters. The molecule has 1 aliphatic rings. The van der Waals surface area contributed by atoms with Gasteiger partial charge in [0.25, 0.3) is 0 Å². The molecule has 0 aromatic carbocycles. The van der Waals surface area contributed by atoms with E-state index < -0.39 is 0 Å². The molecule has 0 radical (unpaired) electrons. The smallest absolute Gasteiger partial charge is 0.0519 e. The second kappa shape index (κ2) is 5.16. The Hall–Kier alpha value is -0.0400. The quantitative estimate of drug-likeness (QED) is 0.666. The standard InChI is InChI=1S/C13H26O/c1-5-14-10-13(3,4)12-8-6-11(2)7-9-12/h11-12H,5-10H2,1-4H3. The third kappa shape index (κ3) is 3.27. The topological polar surface area (TPSA) is 9.23 Å². The first kappa shape index (κ1) is 12.0. The second-order valence-corrected chi connectivity index (χ2v) is 5.58. The maximum atomic E-state index is 5.58. The van der Waals surface area contributed by atoms with Crippen LogP contribution in [0.4, 0.5) is 0 Å². The van der Waals surface area contributed by atoms with E-state index in [2.05, 4.69) is 27.7 Å². The van der Waals surface area contributed by atoms with Gasteiger partial charge in [0.05, 0.1) is 6.61 Å². The summed E-state index contributed by atoms with van der Waals surface area (Å²) in [4.78, 5) is 0. The largest absolute Gasteiger partial charge is 0.381 e. The monoisotopic (exact) mass is 198 g/mol. The van der Waals surface area contributed by atoms with Crippen molar-refractivity contribution in [3.05, 3.63) is 0 Å². The minimum atomic E-state index is 0.385. The molecule has 0 N–H and O–H groups in total. The van der Waals surface area contributed by atoms with Gasteiger partial charge in [-0.15, -0.1) is 0 Å². The van der Waals surface area contributed by atoms with Crippen molar-refractivity contribution in [1.82, 2.24) is 0 Å². The normalized spacial score (nSPS) is 29.1. The van der Waals surface area contributed by atoms with Gasteiger partial charge in [0, 0.05) is 6.61 Å². The molecule has 0 aliphatic heterocycles. The van der Waals surface area contributed by atoms with Gasteiger partial charge in [-0.2, -0.15) is 0 Å². The fraction of sp³-hybridized carbons (Fsp3) is 1.00. The number of hydrogen-bond acceptors (Lipinski definition) is 1. The molecule has 14 heavy (non-hydrogen) atoms. The van der Waals surface area contributed by atoms with Crippen molar-refractivity contribution >= 4 is 0 Å². The Morgan fingerprint density at radius 3 is 2.21 bits per heavy atom. The van der Waals surface area contributed by atoms with Crippen LogP contribution in [-0.2, 0) is 4.74 Å². The van der Waals surface area contributed by atoms with Crippen molar-refractivity contribution in [3.8, 4) is 0 Å². The van der Waals surface area contributed by atoms with Crippen LogP contribution in [0.25, 0.3) is 0 Å². The summed E-state index contributed by atoms with van der Waals surface area (Å²) >= 11 is 0. The summed E-state index contributed by atoms with van der Waals surface area (Å²) in [6.45, 7) is 11.0. The molecule has 0 aromatic heterocycles. The van der Waals surface area contributed by atoms with E-state index in [-0.39, 0.29) is 0 Å². The Balaban J connectivity index is 2.38. The summed E-state index contributed by atoms with van der Waals surface area (Å²) in [6.07, 6.45) is 5.64. The molecule has 1 rings (SSSR count). The van der Waals surface area contributed by atoms with Crippen molar-refractivity contribution in [2.45, 2.75) is 53.4 Å². The fourth-order valence-corrected chi connectivity index (χ4v) is 2.52. The highest BCUT2D eigenvalue weighted by molar-refractivity contribution is 4.82. The van der Waals surface area contributed by atoms with Crippen molar-refractivity contribution < 1.29 is 4.74 Å². The Kier molecular flexibility index (Phi) is 4.43. The molecule has 0 saturated heterocycles. The summed E-state index contributed by atoms with van der Waals surface area (Å²) in [5, 5.41) is 0. The van der Waals surface area contributed by atoms with Crippen LogP contribution in [0.1, 0.15) is 53.4 Å². The molecule has 84 valence electrons. The highest BCUT2D eigenvalue weighted by Gasteiger charge is 2.32. The maximum absolute atomic E-state index is 5.58. The lowest BCUT2D eigenvalue weighted by Gasteiger charge is -2.38. The highest BCUT2D eigenvalue weighted by Crippen LogP contribution is 2.40. The first-order chi connectivity index (χ1) is 6.56. The van der Waals surface area contributed by atoms with Gasteiger partial charge in [0.1, 0.15) is 0 Å². The van der Waals surface area contributed by atoms with Gasteiger partial charge in [0.15, 0.2) is 0 Å². The molecule has 0 heterocycles. The predicted octanol–water partition coefficient (Wildman–Crippen LogP) is 3.88. The number of ether oxygens (including phenoxy) is 1. The lowest BCUT2D eigenvalue weighted by atomic mass is 9.69. The van der Waals surface area contributed by atoms with E-state index in [0.29, 0.717) is 5.41 Å². The Labute approximate surface area is 89.2 Å². The van der Waals surface area contributed by atoms with E-state index >= 15 is 0 Å². The average molecular weight is 198 g/mol. The number of rotatable bonds is 4. The van der Waals surface area contributed by atoms with Gasteiger partial charge in [-0.1, -0.05) is 33.6 Å². The fourth-order valence-electron chi connectivity index (χ4n) is 2.52. The van der Waals surface area contributed by atoms with Crippen LogP contribution >= 0.6 is 0 Å². The maximum Gasteiger partial charge on any atom is 0.0519 e. The van der Waals surface area contributed by atoms with Crippen molar-refractivity contribution in [3.63, 3.8) is 0 Å². The minimum absolute atomic E-state index is 0.385. The summed E-state index contributed by atoms with van der Waals surface area (Å²) in [5.41, 5.74) is 0.385. The molecule has 0 aromatic rings. The summed E-state index contributed by atoms with van der Waals surface area (Å²) in [5.74, 6) is 1.83. The highest BCUT2D eigenvalue weighted by atomic mass is 16.5. The molecule has 0 amide bonds. The van der Waals surface area contributed by atoms with E-state index in [4.69, 9.17) is 4.74 Å². The predicted molar refractivity (Wildman–Crippen MR) is 61.4 cm³/mol. The van der Waals surface area contributed by atoms with Crippen molar-refractivity contribution in [2.24, 2.45) is 17.3 Å². The molecule has 1 aliphatic carbocycles. The van der Waals surface area contributed by atoms with E-state index in [1.165, 1.54) is 25.7 Å². The third-order valence-corrected chi connectivity index (χ3v) is 3.80. The molecule has 0 bridgehead atoms. The van der Waals surface area contributed by atoms with Gasteiger partial charge < -0.3 is 4.74 Å². The van der Waals surface area contributed by atoms with Crippen LogP contribution in [-0.4, -0.2) is 13.2 Å². The van der Waals surface area contributed by atoms with Crippen molar-refractivity contribution in [1.29, 1.82) is 0 Å². The van der Waals surface area contributed by atoms with Gasteiger partial charge in [-0.3, -0.25) is 0 Å². The first-order valence-corrected chi connectivity index (χ1v) is 6.14. The molecular formula is C13H26O. The van der Waals surface area contributed by atoms with E-state index in [1.54, 1.807) is 0 Å². The van der Waals surface area contributed by atoms with Crippen LogP contribution in [0.2, 0.25) is 0 Å². The van der Waals surface area contributed by atoms with Gasteiger partial charge in [-0.25, -0.2) is 0 Å². The third-order valence-electron chi connectivity index (χ3n) is 3.80. The molecular weight excluding hydrogens is 172 g/mol. The SMILES string of the molecule is CCOCC(C)(C)C1CCC(C)CC1. The zero-order valence-electron chi connectivity index (χ0n) is 10.3. The van der Waals surface area contributed by atoms with Crippen LogP contribution in [0, 0.1) is 17.3 Å². The van der Waals surface area contributed by atoms with Crippen LogP contribution in [0.5, 0.6) is 0 Å². The van der Waals surface area contributed by atoms with Gasteiger partial charge in [-0.05, 0) is 37.0 Å². The molecule has 1 nitrogen and oxygen atoms in total. The second-order valence-electron chi connectivity index (χ2n) is 5.58. The van der Waals surface area contributed by atoms with E-state index in [9.17, 15) is 0 Å². The Morgan fingerprint density at radius 1 is 1.14 bits per heavy atom. The zero-order chi connectivity index (χ0) is 10.6. The minimum Gasteiger partial charge on any atom is -0.381 e. The average Bonchev–Trinajstić information content (AvgIpc) is 2.16. The van der Waals surface area contributed by atoms with Crippen LogP contribution in [0.3, 0.4) is 0 Å². The molecule has 1 saturated carbocycles. The van der Waals surface area contributed by atoms with Crippen LogP contribution < -0.4 is 0 Å². The van der Waals surface area contributed by atoms with Crippen LogP contribution in [0.15, 0.2) is 0 Å². The Morgan fingerprint density at radius 2 is 1.71 bits per heavy atom. The summed E-state index contributed by atoms with van der Waals surface area (Å²) in [7, 11) is 0.